The highest BCUT2D eigenvalue weighted by atomic mass is 15.2. The number of hydrogen-bond acceptors (Lipinski definition) is 4. The molecule has 1 aromatic heterocycles. The van der Waals surface area contributed by atoms with Crippen LogP contribution in [0.15, 0.2) is 12.1 Å². The second-order valence-electron chi connectivity index (χ2n) is 4.88. The molecule has 0 unspecified atom stereocenters. The zero-order valence-corrected chi connectivity index (χ0v) is 12.2. The SMILES string of the molecule is CNc1nc(Cc2ccc(C)c(C)c2C)nnc1C. The fourth-order valence-electron chi connectivity index (χ4n) is 2.10. The predicted octanol–water partition coefficient (Wildman–Crippen LogP) is 2.74. The first-order chi connectivity index (χ1) is 9.02. The van der Waals surface area contributed by atoms with Crippen LogP contribution in [0, 0.1) is 27.7 Å². The molecule has 0 aliphatic heterocycles. The number of anilines is 1. The van der Waals surface area contributed by atoms with Crippen molar-refractivity contribution in [2.75, 3.05) is 12.4 Å². The normalized spacial score (nSPS) is 10.6. The lowest BCUT2D eigenvalue weighted by Crippen LogP contribution is -2.07. The van der Waals surface area contributed by atoms with E-state index in [2.05, 4.69) is 53.4 Å². The van der Waals surface area contributed by atoms with Gasteiger partial charge in [0.05, 0.1) is 0 Å². The molecule has 4 heteroatoms. The average molecular weight is 256 g/mol. The third kappa shape index (κ3) is 2.72. The molecule has 19 heavy (non-hydrogen) atoms. The molecule has 4 nitrogen and oxygen atoms in total. The minimum Gasteiger partial charge on any atom is -0.372 e. The van der Waals surface area contributed by atoms with Crippen molar-refractivity contribution in [2.45, 2.75) is 34.1 Å². The van der Waals surface area contributed by atoms with Crippen LogP contribution in [0.2, 0.25) is 0 Å². The fourth-order valence-corrected chi connectivity index (χ4v) is 2.10. The molecule has 100 valence electrons. The number of aromatic nitrogens is 3. The van der Waals surface area contributed by atoms with Gasteiger partial charge in [-0.15, -0.1) is 5.10 Å². The van der Waals surface area contributed by atoms with Crippen LogP contribution in [0.25, 0.3) is 0 Å². The third-order valence-electron chi connectivity index (χ3n) is 3.65. The summed E-state index contributed by atoms with van der Waals surface area (Å²) in [7, 11) is 1.85. The number of benzene rings is 1. The highest BCUT2D eigenvalue weighted by molar-refractivity contribution is 5.41. The van der Waals surface area contributed by atoms with Crippen LogP contribution in [0.1, 0.15) is 33.8 Å². The molecule has 2 aromatic rings. The second kappa shape index (κ2) is 5.34. The molecule has 0 fully saturated rings. The largest absolute Gasteiger partial charge is 0.372 e. The quantitative estimate of drug-likeness (QED) is 0.917. The molecule has 0 aliphatic carbocycles. The van der Waals surface area contributed by atoms with E-state index < -0.39 is 0 Å². The van der Waals surface area contributed by atoms with Crippen LogP contribution in [0.5, 0.6) is 0 Å². The molecule has 0 radical (unpaired) electrons. The molecule has 1 aromatic carbocycles. The van der Waals surface area contributed by atoms with Crippen LogP contribution >= 0.6 is 0 Å². The van der Waals surface area contributed by atoms with Crippen LogP contribution in [-0.4, -0.2) is 22.2 Å². The molecule has 0 atom stereocenters. The van der Waals surface area contributed by atoms with Crippen molar-refractivity contribution >= 4 is 5.82 Å². The van der Waals surface area contributed by atoms with E-state index >= 15 is 0 Å². The summed E-state index contributed by atoms with van der Waals surface area (Å²) in [6, 6.07) is 4.30. The Morgan fingerprint density at radius 2 is 1.74 bits per heavy atom. The highest BCUT2D eigenvalue weighted by Gasteiger charge is 2.08. The predicted molar refractivity (Wildman–Crippen MR) is 77.6 cm³/mol. The van der Waals surface area contributed by atoms with Gasteiger partial charge in [0.1, 0.15) is 5.69 Å². The second-order valence-corrected chi connectivity index (χ2v) is 4.88. The van der Waals surface area contributed by atoms with E-state index in [1.54, 1.807) is 0 Å². The average Bonchev–Trinajstić information content (AvgIpc) is 2.41. The van der Waals surface area contributed by atoms with E-state index in [1.165, 1.54) is 22.3 Å². The summed E-state index contributed by atoms with van der Waals surface area (Å²) in [5.74, 6) is 1.55. The minimum absolute atomic E-state index is 0.717. The maximum Gasteiger partial charge on any atom is 0.157 e. The van der Waals surface area contributed by atoms with Crippen LogP contribution in [0.3, 0.4) is 0 Å². The van der Waals surface area contributed by atoms with E-state index in [4.69, 9.17) is 0 Å². The van der Waals surface area contributed by atoms with E-state index in [1.807, 2.05) is 14.0 Å². The Bertz CT molecular complexity index is 605. The summed E-state index contributed by atoms with van der Waals surface area (Å²) in [5.41, 5.74) is 6.06. The highest BCUT2D eigenvalue weighted by Crippen LogP contribution is 2.19. The molecule has 0 amide bonds. The van der Waals surface area contributed by atoms with Gasteiger partial charge in [0.25, 0.3) is 0 Å². The zero-order chi connectivity index (χ0) is 14.0. The number of nitrogens with zero attached hydrogens (tertiary/aromatic N) is 3. The van der Waals surface area contributed by atoms with Gasteiger partial charge in [-0.2, -0.15) is 5.10 Å². The monoisotopic (exact) mass is 256 g/mol. The lowest BCUT2D eigenvalue weighted by Gasteiger charge is -2.11. The van der Waals surface area contributed by atoms with Crippen molar-refractivity contribution in [1.82, 2.24) is 15.2 Å². The van der Waals surface area contributed by atoms with Crippen molar-refractivity contribution in [1.29, 1.82) is 0 Å². The van der Waals surface area contributed by atoms with Crippen molar-refractivity contribution in [3.63, 3.8) is 0 Å². The van der Waals surface area contributed by atoms with Gasteiger partial charge in [0, 0.05) is 13.5 Å². The van der Waals surface area contributed by atoms with E-state index in [0.717, 1.165) is 23.8 Å². The Morgan fingerprint density at radius 3 is 2.42 bits per heavy atom. The first kappa shape index (κ1) is 13.5. The number of rotatable bonds is 3. The van der Waals surface area contributed by atoms with Gasteiger partial charge in [-0.3, -0.25) is 0 Å². The molecule has 2 rings (SSSR count). The van der Waals surface area contributed by atoms with Crippen LogP contribution < -0.4 is 5.32 Å². The molecule has 0 aliphatic rings. The first-order valence-electron chi connectivity index (χ1n) is 6.46. The Labute approximate surface area is 114 Å². The molecule has 0 saturated carbocycles. The molecule has 0 bridgehead atoms. The van der Waals surface area contributed by atoms with Crippen LogP contribution in [0.4, 0.5) is 5.82 Å². The molecular formula is C15H20N4. The van der Waals surface area contributed by atoms with Gasteiger partial charge < -0.3 is 5.32 Å². The molecule has 1 heterocycles. The van der Waals surface area contributed by atoms with E-state index in [-0.39, 0.29) is 0 Å². The third-order valence-corrected chi connectivity index (χ3v) is 3.65. The number of aryl methyl sites for hydroxylation is 2. The Hall–Kier alpha value is -1.97. The van der Waals surface area contributed by atoms with Crippen molar-refractivity contribution in [2.24, 2.45) is 0 Å². The zero-order valence-electron chi connectivity index (χ0n) is 12.2. The van der Waals surface area contributed by atoms with Gasteiger partial charge in [0.15, 0.2) is 11.6 Å². The molecular weight excluding hydrogens is 236 g/mol. The Kier molecular flexibility index (Phi) is 3.79. The smallest absolute Gasteiger partial charge is 0.157 e. The summed E-state index contributed by atoms with van der Waals surface area (Å²) >= 11 is 0. The number of nitrogens with one attached hydrogen (secondary N) is 1. The summed E-state index contributed by atoms with van der Waals surface area (Å²) in [4.78, 5) is 4.49. The molecule has 0 saturated heterocycles. The van der Waals surface area contributed by atoms with Crippen molar-refractivity contribution in [3.8, 4) is 0 Å². The Morgan fingerprint density at radius 1 is 1.00 bits per heavy atom. The maximum atomic E-state index is 4.49. The summed E-state index contributed by atoms with van der Waals surface area (Å²) < 4.78 is 0. The first-order valence-corrected chi connectivity index (χ1v) is 6.46. The van der Waals surface area contributed by atoms with Gasteiger partial charge in [-0.1, -0.05) is 12.1 Å². The van der Waals surface area contributed by atoms with Gasteiger partial charge >= 0.3 is 0 Å². The summed E-state index contributed by atoms with van der Waals surface area (Å²) in [6.45, 7) is 8.34. The summed E-state index contributed by atoms with van der Waals surface area (Å²) in [6.07, 6.45) is 0.717. The van der Waals surface area contributed by atoms with Gasteiger partial charge in [-0.25, -0.2) is 4.98 Å². The van der Waals surface area contributed by atoms with E-state index in [9.17, 15) is 0 Å². The van der Waals surface area contributed by atoms with Crippen LogP contribution in [-0.2, 0) is 6.42 Å². The number of hydrogen-bond donors (Lipinski definition) is 1. The minimum atomic E-state index is 0.717. The summed E-state index contributed by atoms with van der Waals surface area (Å²) in [5, 5.41) is 11.4. The lowest BCUT2D eigenvalue weighted by molar-refractivity contribution is 0.840. The molecule has 0 spiro atoms. The molecule has 1 N–H and O–H groups in total. The van der Waals surface area contributed by atoms with Crippen molar-refractivity contribution in [3.05, 3.63) is 45.9 Å². The Balaban J connectivity index is 2.34. The van der Waals surface area contributed by atoms with E-state index in [0.29, 0.717) is 0 Å². The fraction of sp³-hybridized carbons (Fsp3) is 0.400. The standard InChI is InChI=1S/C15H20N4/c1-9-6-7-13(11(3)10(9)2)8-14-17-15(16-5)12(4)18-19-14/h6-7H,8H2,1-5H3,(H,16,17,19). The van der Waals surface area contributed by atoms with Crippen molar-refractivity contribution < 1.29 is 0 Å². The lowest BCUT2D eigenvalue weighted by atomic mass is 9.97. The topological polar surface area (TPSA) is 50.7 Å². The maximum absolute atomic E-state index is 4.49. The van der Waals surface area contributed by atoms with Gasteiger partial charge in [0.2, 0.25) is 0 Å². The van der Waals surface area contributed by atoms with Gasteiger partial charge in [-0.05, 0) is 49.9 Å².